The van der Waals surface area contributed by atoms with E-state index in [0.717, 1.165) is 11.3 Å². The van der Waals surface area contributed by atoms with Crippen LogP contribution < -0.4 is 11.0 Å². The Morgan fingerprint density at radius 1 is 1.41 bits per heavy atom. The molecule has 0 saturated carbocycles. The summed E-state index contributed by atoms with van der Waals surface area (Å²) in [6, 6.07) is 7.51. The number of aryl methyl sites for hydroxylation is 1. The van der Waals surface area contributed by atoms with E-state index in [0.29, 0.717) is 15.8 Å². The monoisotopic (exact) mass is 385 g/mol. The predicted octanol–water partition coefficient (Wildman–Crippen LogP) is 2.08. The van der Waals surface area contributed by atoms with Crippen LogP contribution in [0, 0.1) is 10.1 Å². The lowest BCUT2D eigenvalue weighted by Crippen LogP contribution is -2.29. The molecule has 0 aliphatic rings. The van der Waals surface area contributed by atoms with Crippen molar-refractivity contribution in [3.8, 4) is 0 Å². The van der Waals surface area contributed by atoms with Gasteiger partial charge in [0.25, 0.3) is 17.2 Å². The summed E-state index contributed by atoms with van der Waals surface area (Å²) in [7, 11) is 0. The van der Waals surface area contributed by atoms with Gasteiger partial charge in [-0.15, -0.1) is 11.3 Å². The average molecular weight is 385 g/mol. The van der Waals surface area contributed by atoms with Crippen LogP contribution in [-0.2, 0) is 17.8 Å². The van der Waals surface area contributed by atoms with E-state index in [-0.39, 0.29) is 17.8 Å². The molecule has 0 atom stereocenters. The normalized spacial score (nSPS) is 11.1. The van der Waals surface area contributed by atoms with Gasteiger partial charge in [0.05, 0.1) is 22.9 Å². The number of nitrogens with one attached hydrogen (secondary N) is 1. The van der Waals surface area contributed by atoms with Crippen molar-refractivity contribution in [3.63, 3.8) is 0 Å². The fraction of sp³-hybridized carbons (Fsp3) is 0.176. The fourth-order valence-corrected chi connectivity index (χ4v) is 3.27. The van der Waals surface area contributed by atoms with Gasteiger partial charge in [-0.3, -0.25) is 24.3 Å². The second kappa shape index (κ2) is 7.87. The first-order valence-electron chi connectivity index (χ1n) is 8.02. The highest BCUT2D eigenvalue weighted by molar-refractivity contribution is 7.18. The molecule has 0 bridgehead atoms. The van der Waals surface area contributed by atoms with Gasteiger partial charge in [-0.2, -0.15) is 5.10 Å². The first-order chi connectivity index (χ1) is 13.0. The number of nitro benzene ring substituents is 1. The number of hydrogen-bond acceptors (Lipinski definition) is 7. The number of thiophene rings is 1. The topological polar surface area (TPSA) is 119 Å². The van der Waals surface area contributed by atoms with Crippen LogP contribution in [0.5, 0.6) is 0 Å². The van der Waals surface area contributed by atoms with Gasteiger partial charge in [0, 0.05) is 17.0 Å². The Bertz CT molecular complexity index is 1080. The number of carbonyl (C=O) groups is 1. The summed E-state index contributed by atoms with van der Waals surface area (Å²) >= 11 is 1.46. The maximum Gasteiger partial charge on any atom is 0.269 e. The summed E-state index contributed by atoms with van der Waals surface area (Å²) < 4.78 is 1.23. The van der Waals surface area contributed by atoms with Crippen molar-refractivity contribution in [3.05, 3.63) is 67.6 Å². The highest BCUT2D eigenvalue weighted by Gasteiger charge is 2.10. The zero-order chi connectivity index (χ0) is 19.4. The van der Waals surface area contributed by atoms with Crippen molar-refractivity contribution in [1.29, 1.82) is 0 Å². The third kappa shape index (κ3) is 4.23. The summed E-state index contributed by atoms with van der Waals surface area (Å²) in [5.74, 6) is -0.484. The second-order valence-corrected chi connectivity index (χ2v) is 6.72. The molecular weight excluding hydrogens is 370 g/mol. The Kier molecular flexibility index (Phi) is 5.36. The van der Waals surface area contributed by atoms with Gasteiger partial charge in [-0.1, -0.05) is 6.92 Å². The Balaban J connectivity index is 1.65. The number of nitro groups is 1. The minimum atomic E-state index is -0.498. The number of rotatable bonds is 6. The van der Waals surface area contributed by atoms with E-state index in [1.165, 1.54) is 52.7 Å². The molecule has 0 saturated heterocycles. The van der Waals surface area contributed by atoms with E-state index in [2.05, 4.69) is 15.5 Å². The standard InChI is InChI=1S/C17H15N5O4S/c1-2-13-7-14-16(27-13)18-10-21(17(14)24)9-15(23)20-19-8-11-3-5-12(6-4-11)22(25)26/h3-8,10H,2,9H2,1H3,(H,20,23)/b19-8+. The maximum absolute atomic E-state index is 12.4. The van der Waals surface area contributed by atoms with E-state index < -0.39 is 10.8 Å². The number of aromatic nitrogens is 2. The smallest absolute Gasteiger partial charge is 0.269 e. The summed E-state index contributed by atoms with van der Waals surface area (Å²) in [5.41, 5.74) is 2.61. The van der Waals surface area contributed by atoms with Gasteiger partial charge in [-0.25, -0.2) is 10.4 Å². The highest BCUT2D eigenvalue weighted by atomic mass is 32.1. The van der Waals surface area contributed by atoms with Crippen LogP contribution in [0.2, 0.25) is 0 Å². The number of hydrazone groups is 1. The molecule has 138 valence electrons. The summed E-state index contributed by atoms with van der Waals surface area (Å²) in [6.07, 6.45) is 3.52. The summed E-state index contributed by atoms with van der Waals surface area (Å²) in [6.45, 7) is 1.79. The van der Waals surface area contributed by atoms with Crippen molar-refractivity contribution in [1.82, 2.24) is 15.0 Å². The van der Waals surface area contributed by atoms with Gasteiger partial charge < -0.3 is 0 Å². The molecule has 3 aromatic rings. The Morgan fingerprint density at radius 2 is 2.15 bits per heavy atom. The van der Waals surface area contributed by atoms with E-state index in [9.17, 15) is 19.7 Å². The van der Waals surface area contributed by atoms with Crippen LogP contribution >= 0.6 is 11.3 Å². The minimum absolute atomic E-state index is 0.0295. The van der Waals surface area contributed by atoms with Crippen LogP contribution in [0.3, 0.4) is 0 Å². The molecule has 9 nitrogen and oxygen atoms in total. The van der Waals surface area contributed by atoms with E-state index in [1.807, 2.05) is 6.92 Å². The Morgan fingerprint density at radius 3 is 2.81 bits per heavy atom. The summed E-state index contributed by atoms with van der Waals surface area (Å²) in [5, 5.41) is 14.9. The number of amides is 1. The van der Waals surface area contributed by atoms with E-state index in [1.54, 1.807) is 6.07 Å². The molecule has 0 aliphatic heterocycles. The maximum atomic E-state index is 12.4. The summed E-state index contributed by atoms with van der Waals surface area (Å²) in [4.78, 5) is 40.5. The van der Waals surface area contributed by atoms with Gasteiger partial charge in [0.1, 0.15) is 11.4 Å². The van der Waals surface area contributed by atoms with Crippen LogP contribution in [0.4, 0.5) is 5.69 Å². The highest BCUT2D eigenvalue weighted by Crippen LogP contribution is 2.20. The molecule has 10 heteroatoms. The third-order valence-corrected chi connectivity index (χ3v) is 4.93. The Labute approximate surface area is 157 Å². The molecule has 3 rings (SSSR count). The molecular formula is C17H15N5O4S. The van der Waals surface area contributed by atoms with Crippen molar-refractivity contribution in [2.45, 2.75) is 19.9 Å². The number of carbonyl (C=O) groups excluding carboxylic acids is 1. The molecule has 0 spiro atoms. The molecule has 2 heterocycles. The molecule has 1 N–H and O–H groups in total. The number of hydrogen-bond donors (Lipinski definition) is 1. The van der Waals surface area contributed by atoms with Gasteiger partial charge in [-0.05, 0) is 30.2 Å². The molecule has 0 aliphatic carbocycles. The largest absolute Gasteiger partial charge is 0.289 e. The molecule has 0 unspecified atom stereocenters. The van der Waals surface area contributed by atoms with Crippen molar-refractivity contribution >= 4 is 39.4 Å². The van der Waals surface area contributed by atoms with Crippen LogP contribution in [0.15, 0.2) is 46.6 Å². The van der Waals surface area contributed by atoms with Crippen LogP contribution in [-0.4, -0.2) is 26.6 Å². The number of fused-ring (bicyclic) bond motifs is 1. The van der Waals surface area contributed by atoms with Gasteiger partial charge in [0.15, 0.2) is 0 Å². The van der Waals surface area contributed by atoms with Crippen molar-refractivity contribution < 1.29 is 9.72 Å². The lowest BCUT2D eigenvalue weighted by Gasteiger charge is -2.03. The van der Waals surface area contributed by atoms with Gasteiger partial charge in [0.2, 0.25) is 0 Å². The van der Waals surface area contributed by atoms with Crippen molar-refractivity contribution in [2.75, 3.05) is 0 Å². The molecule has 1 amide bonds. The van der Waals surface area contributed by atoms with Gasteiger partial charge >= 0.3 is 0 Å². The third-order valence-electron chi connectivity index (χ3n) is 3.74. The minimum Gasteiger partial charge on any atom is -0.289 e. The zero-order valence-corrected chi connectivity index (χ0v) is 15.1. The fourth-order valence-electron chi connectivity index (χ4n) is 2.35. The number of benzene rings is 1. The van der Waals surface area contributed by atoms with Crippen LogP contribution in [0.25, 0.3) is 10.2 Å². The predicted molar refractivity (Wildman–Crippen MR) is 102 cm³/mol. The van der Waals surface area contributed by atoms with Crippen LogP contribution in [0.1, 0.15) is 17.4 Å². The zero-order valence-electron chi connectivity index (χ0n) is 14.3. The molecule has 0 fully saturated rings. The number of nitrogens with zero attached hydrogens (tertiary/aromatic N) is 4. The lowest BCUT2D eigenvalue weighted by molar-refractivity contribution is -0.384. The molecule has 27 heavy (non-hydrogen) atoms. The molecule has 2 aromatic heterocycles. The van der Waals surface area contributed by atoms with E-state index in [4.69, 9.17) is 0 Å². The molecule has 1 aromatic carbocycles. The molecule has 0 radical (unpaired) electrons. The Hall–Kier alpha value is -3.40. The lowest BCUT2D eigenvalue weighted by atomic mass is 10.2. The SMILES string of the molecule is CCc1cc2c(=O)n(CC(=O)N/N=C/c3ccc([N+](=O)[O-])cc3)cnc2s1. The first-order valence-corrected chi connectivity index (χ1v) is 8.83. The first kappa shape index (κ1) is 18.4. The van der Waals surface area contributed by atoms with E-state index >= 15 is 0 Å². The van der Waals surface area contributed by atoms with Crippen molar-refractivity contribution in [2.24, 2.45) is 5.10 Å². The number of non-ortho nitro benzene ring substituents is 1. The quantitative estimate of drug-likeness (QED) is 0.396. The second-order valence-electron chi connectivity index (χ2n) is 5.60. The average Bonchev–Trinajstić information content (AvgIpc) is 3.09.